The molecule has 0 aliphatic carbocycles. The third kappa shape index (κ3) is 3.21. The van der Waals surface area contributed by atoms with Gasteiger partial charge in [-0.1, -0.05) is 18.2 Å². The number of carbonyl (C=O) groups is 2. The van der Waals surface area contributed by atoms with E-state index in [1.165, 1.54) is 0 Å². The van der Waals surface area contributed by atoms with Gasteiger partial charge in [0.05, 0.1) is 39.0 Å². The molecule has 164 valence electrons. The highest BCUT2D eigenvalue weighted by molar-refractivity contribution is 6.01. The molecule has 7 nitrogen and oxygen atoms in total. The standard InChI is InChI=1S/C25H24N2O5/c1-30-20-12-15-9-10-27-23(19(15)13-21(20)31-2)22(17-7-3-4-8-18(17)25(27)29)24(28)26-14-16-6-5-11-32-16/h3-8,11-13,22-23H,9-10,14H2,1-2H3,(H,26,28)/t22-,23+/m0/s1. The third-order valence-corrected chi connectivity index (χ3v) is 6.32. The third-order valence-electron chi connectivity index (χ3n) is 6.32. The van der Waals surface area contributed by atoms with E-state index in [0.29, 0.717) is 35.8 Å². The van der Waals surface area contributed by atoms with Crippen LogP contribution in [0.4, 0.5) is 0 Å². The first-order valence-electron chi connectivity index (χ1n) is 10.6. The van der Waals surface area contributed by atoms with Crippen LogP contribution in [0, 0.1) is 0 Å². The normalized spacial score (nSPS) is 18.9. The molecular formula is C25H24N2O5. The van der Waals surface area contributed by atoms with Gasteiger partial charge in [-0.3, -0.25) is 9.59 Å². The molecule has 3 aromatic rings. The number of nitrogens with one attached hydrogen (secondary N) is 1. The maximum absolute atomic E-state index is 13.6. The predicted molar refractivity (Wildman–Crippen MR) is 117 cm³/mol. The van der Waals surface area contributed by atoms with Crippen LogP contribution in [0.3, 0.4) is 0 Å². The van der Waals surface area contributed by atoms with Gasteiger partial charge in [-0.05, 0) is 53.4 Å². The first-order valence-corrected chi connectivity index (χ1v) is 10.6. The van der Waals surface area contributed by atoms with Crippen molar-refractivity contribution in [1.29, 1.82) is 0 Å². The summed E-state index contributed by atoms with van der Waals surface area (Å²) in [6.07, 6.45) is 2.26. The molecule has 0 fully saturated rings. The van der Waals surface area contributed by atoms with Crippen molar-refractivity contribution in [1.82, 2.24) is 10.2 Å². The summed E-state index contributed by atoms with van der Waals surface area (Å²) in [6, 6.07) is 14.4. The van der Waals surface area contributed by atoms with Crippen molar-refractivity contribution in [2.45, 2.75) is 24.9 Å². The highest BCUT2D eigenvalue weighted by Gasteiger charge is 2.46. The average Bonchev–Trinajstić information content (AvgIpc) is 3.35. The van der Waals surface area contributed by atoms with Gasteiger partial charge in [-0.2, -0.15) is 0 Å². The van der Waals surface area contributed by atoms with E-state index in [2.05, 4.69) is 5.32 Å². The number of fused-ring (bicyclic) bond motifs is 4. The Morgan fingerprint density at radius 2 is 1.88 bits per heavy atom. The number of rotatable bonds is 5. The van der Waals surface area contributed by atoms with E-state index in [1.54, 1.807) is 32.6 Å². The lowest BCUT2D eigenvalue weighted by Crippen LogP contribution is -2.50. The van der Waals surface area contributed by atoms with Crippen LogP contribution in [0.5, 0.6) is 11.5 Å². The summed E-state index contributed by atoms with van der Waals surface area (Å²) in [5.41, 5.74) is 3.28. The van der Waals surface area contributed by atoms with Crippen LogP contribution in [0.1, 0.15) is 44.8 Å². The number of carbonyl (C=O) groups excluding carboxylic acids is 2. The fourth-order valence-electron chi connectivity index (χ4n) is 4.83. The molecule has 3 heterocycles. The molecule has 2 atom stereocenters. The van der Waals surface area contributed by atoms with Crippen molar-refractivity contribution < 1.29 is 23.5 Å². The van der Waals surface area contributed by atoms with Gasteiger partial charge in [0.25, 0.3) is 5.91 Å². The van der Waals surface area contributed by atoms with Crippen LogP contribution in [0.2, 0.25) is 0 Å². The van der Waals surface area contributed by atoms with Gasteiger partial charge < -0.3 is 24.1 Å². The monoisotopic (exact) mass is 432 g/mol. The van der Waals surface area contributed by atoms with Gasteiger partial charge >= 0.3 is 0 Å². The second kappa shape index (κ2) is 8.07. The fraction of sp³-hybridized carbons (Fsp3) is 0.280. The molecule has 1 aromatic heterocycles. The van der Waals surface area contributed by atoms with Crippen LogP contribution in [-0.4, -0.2) is 37.5 Å². The fourth-order valence-corrected chi connectivity index (χ4v) is 4.83. The van der Waals surface area contributed by atoms with Crippen molar-refractivity contribution >= 4 is 11.8 Å². The maximum Gasteiger partial charge on any atom is 0.254 e. The number of nitrogens with zero attached hydrogens (tertiary/aromatic N) is 1. The first-order chi connectivity index (χ1) is 15.6. The van der Waals surface area contributed by atoms with Crippen LogP contribution < -0.4 is 14.8 Å². The summed E-state index contributed by atoms with van der Waals surface area (Å²) in [4.78, 5) is 28.7. The van der Waals surface area contributed by atoms with E-state index in [9.17, 15) is 9.59 Å². The molecule has 0 bridgehead atoms. The summed E-state index contributed by atoms with van der Waals surface area (Å²) in [6.45, 7) is 0.812. The van der Waals surface area contributed by atoms with Crippen LogP contribution in [-0.2, 0) is 17.8 Å². The highest BCUT2D eigenvalue weighted by atomic mass is 16.5. The molecule has 2 aliphatic heterocycles. The summed E-state index contributed by atoms with van der Waals surface area (Å²) < 4.78 is 16.4. The minimum Gasteiger partial charge on any atom is -0.493 e. The Labute approximate surface area is 185 Å². The summed E-state index contributed by atoms with van der Waals surface area (Å²) >= 11 is 0. The van der Waals surface area contributed by atoms with Gasteiger partial charge in [-0.25, -0.2) is 0 Å². The Morgan fingerprint density at radius 1 is 1.09 bits per heavy atom. The second-order valence-corrected chi connectivity index (χ2v) is 7.96. The zero-order valence-corrected chi connectivity index (χ0v) is 18.0. The van der Waals surface area contributed by atoms with Crippen molar-refractivity contribution in [3.05, 3.63) is 82.8 Å². The molecule has 0 saturated heterocycles. The predicted octanol–water partition coefficient (Wildman–Crippen LogP) is 3.45. The first kappa shape index (κ1) is 20.2. The van der Waals surface area contributed by atoms with E-state index in [0.717, 1.165) is 16.7 Å². The summed E-state index contributed by atoms with van der Waals surface area (Å²) in [5, 5.41) is 3.00. The molecule has 0 spiro atoms. The smallest absolute Gasteiger partial charge is 0.254 e. The average molecular weight is 432 g/mol. The Balaban J connectivity index is 1.61. The molecule has 2 aliphatic rings. The summed E-state index contributed by atoms with van der Waals surface area (Å²) in [7, 11) is 3.18. The SMILES string of the molecule is COc1cc2c(cc1OC)[C@@H]1[C@@H](C(=O)NCc3ccco3)c3ccccc3C(=O)N1CC2. The lowest BCUT2D eigenvalue weighted by molar-refractivity contribution is -0.124. The topological polar surface area (TPSA) is 81.0 Å². The second-order valence-electron chi connectivity index (χ2n) is 7.96. The minimum absolute atomic E-state index is 0.0545. The van der Waals surface area contributed by atoms with Gasteiger partial charge in [0.2, 0.25) is 5.91 Å². The van der Waals surface area contributed by atoms with Crippen molar-refractivity contribution in [2.75, 3.05) is 20.8 Å². The Morgan fingerprint density at radius 3 is 2.62 bits per heavy atom. The van der Waals surface area contributed by atoms with E-state index < -0.39 is 12.0 Å². The Bertz CT molecular complexity index is 1170. The van der Waals surface area contributed by atoms with Gasteiger partial charge in [-0.15, -0.1) is 0 Å². The zero-order chi connectivity index (χ0) is 22.2. The lowest BCUT2D eigenvalue weighted by Gasteiger charge is -2.45. The summed E-state index contributed by atoms with van der Waals surface area (Å²) in [5.74, 6) is 1.12. The van der Waals surface area contributed by atoms with E-state index >= 15 is 0 Å². The molecule has 2 aromatic carbocycles. The van der Waals surface area contributed by atoms with Crippen LogP contribution >= 0.6 is 0 Å². The molecule has 2 amide bonds. The van der Waals surface area contributed by atoms with Crippen LogP contribution in [0.15, 0.2) is 59.2 Å². The molecule has 7 heteroatoms. The molecule has 32 heavy (non-hydrogen) atoms. The minimum atomic E-state index is -0.559. The molecule has 0 radical (unpaired) electrons. The van der Waals surface area contributed by atoms with Gasteiger partial charge in [0, 0.05) is 12.1 Å². The van der Waals surface area contributed by atoms with Crippen molar-refractivity contribution in [3.63, 3.8) is 0 Å². The number of methoxy groups -OCH3 is 2. The molecular weight excluding hydrogens is 408 g/mol. The van der Waals surface area contributed by atoms with Gasteiger partial charge in [0.1, 0.15) is 5.76 Å². The number of ether oxygens (including phenoxy) is 2. The van der Waals surface area contributed by atoms with E-state index in [4.69, 9.17) is 13.9 Å². The number of amides is 2. The molecule has 1 N–H and O–H groups in total. The Hall–Kier alpha value is -3.74. The number of furan rings is 1. The quantitative estimate of drug-likeness (QED) is 0.668. The van der Waals surface area contributed by atoms with Gasteiger partial charge in [0.15, 0.2) is 11.5 Å². The van der Waals surface area contributed by atoms with E-state index in [1.807, 2.05) is 41.3 Å². The molecule has 5 rings (SSSR count). The van der Waals surface area contributed by atoms with Crippen LogP contribution in [0.25, 0.3) is 0 Å². The number of benzene rings is 2. The zero-order valence-electron chi connectivity index (χ0n) is 18.0. The van der Waals surface area contributed by atoms with E-state index in [-0.39, 0.29) is 18.4 Å². The van der Waals surface area contributed by atoms with Crippen molar-refractivity contribution in [2.24, 2.45) is 0 Å². The highest BCUT2D eigenvalue weighted by Crippen LogP contribution is 2.48. The number of hydrogen-bond acceptors (Lipinski definition) is 5. The lowest BCUT2D eigenvalue weighted by atomic mass is 9.75. The molecule has 0 unspecified atom stereocenters. The number of hydrogen-bond donors (Lipinski definition) is 1. The molecule has 0 saturated carbocycles. The maximum atomic E-state index is 13.6. The Kier molecular flexibility index (Phi) is 5.09. The largest absolute Gasteiger partial charge is 0.493 e. The van der Waals surface area contributed by atoms with Crippen molar-refractivity contribution in [3.8, 4) is 11.5 Å².